The first-order valence-corrected chi connectivity index (χ1v) is 11.0. The van der Waals surface area contributed by atoms with E-state index in [0.29, 0.717) is 40.5 Å². The van der Waals surface area contributed by atoms with E-state index < -0.39 is 10.0 Å². The Morgan fingerprint density at radius 2 is 1.93 bits per heavy atom. The van der Waals surface area contributed by atoms with Crippen LogP contribution in [0, 0.1) is 18.8 Å². The van der Waals surface area contributed by atoms with Crippen LogP contribution in [0.3, 0.4) is 0 Å². The van der Waals surface area contributed by atoms with Crippen molar-refractivity contribution in [1.29, 1.82) is 0 Å². The molecule has 0 saturated carbocycles. The zero-order valence-corrected chi connectivity index (χ0v) is 17.9. The van der Waals surface area contributed by atoms with Crippen LogP contribution in [0.25, 0.3) is 11.3 Å². The number of sulfonamides is 1. The van der Waals surface area contributed by atoms with E-state index in [4.69, 9.17) is 4.74 Å². The molecule has 9 heteroatoms. The Balaban J connectivity index is 2.08. The lowest BCUT2D eigenvalue weighted by atomic mass is 10.0. The van der Waals surface area contributed by atoms with Crippen LogP contribution in [0.15, 0.2) is 36.9 Å². The summed E-state index contributed by atoms with van der Waals surface area (Å²) in [4.78, 5) is 17.1. The quantitative estimate of drug-likeness (QED) is 0.629. The van der Waals surface area contributed by atoms with E-state index in [1.54, 1.807) is 38.6 Å². The number of hydrogen-bond acceptors (Lipinski definition) is 7. The lowest BCUT2D eigenvalue weighted by Gasteiger charge is -2.09. The number of hydrogen-bond donors (Lipinski definition) is 1. The standard InChI is InChI=1S/C21H21N5O3S/c1-5-18-17(21(25-13-24-18)16-8-9-22-20(11-16)29-3)7-6-15-10-19(14(2)23-12-15)26-30(4,27)28/h8-13,26H,5H2,1-4H3. The molecule has 154 valence electrons. The summed E-state index contributed by atoms with van der Waals surface area (Å²) in [5, 5.41) is 0. The summed E-state index contributed by atoms with van der Waals surface area (Å²) in [6.07, 6.45) is 6.52. The van der Waals surface area contributed by atoms with Crippen molar-refractivity contribution >= 4 is 15.7 Å². The number of aryl methyl sites for hydroxylation is 2. The minimum Gasteiger partial charge on any atom is -0.481 e. The fourth-order valence-corrected chi connectivity index (χ4v) is 3.35. The highest BCUT2D eigenvalue weighted by atomic mass is 32.2. The normalized spacial score (nSPS) is 10.8. The van der Waals surface area contributed by atoms with Crippen LogP contribution in [0.2, 0.25) is 0 Å². The van der Waals surface area contributed by atoms with E-state index in [0.717, 1.165) is 17.5 Å². The minimum atomic E-state index is -3.42. The molecule has 3 aromatic rings. The highest BCUT2D eigenvalue weighted by Gasteiger charge is 2.12. The van der Waals surface area contributed by atoms with Crippen LogP contribution in [-0.4, -0.2) is 41.7 Å². The molecule has 0 amide bonds. The molecule has 0 fully saturated rings. The fraction of sp³-hybridized carbons (Fsp3) is 0.238. The summed E-state index contributed by atoms with van der Waals surface area (Å²) in [7, 11) is -1.87. The van der Waals surface area contributed by atoms with Crippen LogP contribution < -0.4 is 9.46 Å². The molecular formula is C21H21N5O3S. The SMILES string of the molecule is CCc1ncnc(-c2ccnc(OC)c2)c1C#Cc1cnc(C)c(NS(C)(=O)=O)c1. The van der Waals surface area contributed by atoms with E-state index in [-0.39, 0.29) is 0 Å². The van der Waals surface area contributed by atoms with Gasteiger partial charge in [-0.05, 0) is 25.5 Å². The molecule has 3 heterocycles. The molecule has 0 unspecified atom stereocenters. The number of methoxy groups -OCH3 is 1. The van der Waals surface area contributed by atoms with Crippen molar-refractivity contribution in [2.24, 2.45) is 0 Å². The Morgan fingerprint density at radius 3 is 2.63 bits per heavy atom. The molecule has 1 N–H and O–H groups in total. The van der Waals surface area contributed by atoms with Crippen molar-refractivity contribution in [2.45, 2.75) is 20.3 Å². The first-order valence-electron chi connectivity index (χ1n) is 9.11. The van der Waals surface area contributed by atoms with Gasteiger partial charge in [-0.1, -0.05) is 18.8 Å². The Morgan fingerprint density at radius 1 is 1.13 bits per heavy atom. The summed E-state index contributed by atoms with van der Waals surface area (Å²) in [5.41, 5.74) is 4.49. The Bertz CT molecular complexity index is 1250. The molecule has 8 nitrogen and oxygen atoms in total. The molecular weight excluding hydrogens is 402 g/mol. The van der Waals surface area contributed by atoms with Gasteiger partial charge in [0.25, 0.3) is 0 Å². The number of pyridine rings is 2. The predicted octanol–water partition coefficient (Wildman–Crippen LogP) is 2.58. The second kappa shape index (κ2) is 8.88. The number of rotatable bonds is 5. The first-order chi connectivity index (χ1) is 14.3. The summed E-state index contributed by atoms with van der Waals surface area (Å²) < 4.78 is 30.8. The molecule has 3 rings (SSSR count). The van der Waals surface area contributed by atoms with Crippen molar-refractivity contribution in [2.75, 3.05) is 18.1 Å². The van der Waals surface area contributed by atoms with Crippen molar-refractivity contribution in [3.63, 3.8) is 0 Å². The molecule has 0 spiro atoms. The maximum Gasteiger partial charge on any atom is 0.229 e. The van der Waals surface area contributed by atoms with Crippen LogP contribution >= 0.6 is 0 Å². The van der Waals surface area contributed by atoms with E-state index in [9.17, 15) is 8.42 Å². The Hall–Kier alpha value is -3.51. The summed E-state index contributed by atoms with van der Waals surface area (Å²) >= 11 is 0. The summed E-state index contributed by atoms with van der Waals surface area (Å²) in [6.45, 7) is 3.71. The van der Waals surface area contributed by atoms with Gasteiger partial charge in [0, 0.05) is 29.6 Å². The van der Waals surface area contributed by atoms with Crippen molar-refractivity contribution in [1.82, 2.24) is 19.9 Å². The van der Waals surface area contributed by atoms with Crippen LogP contribution in [-0.2, 0) is 16.4 Å². The van der Waals surface area contributed by atoms with Gasteiger partial charge in [0.2, 0.25) is 15.9 Å². The molecule has 0 radical (unpaired) electrons. The van der Waals surface area contributed by atoms with Gasteiger partial charge in [0.15, 0.2) is 0 Å². The van der Waals surface area contributed by atoms with E-state index in [1.807, 2.05) is 13.0 Å². The number of ether oxygens (including phenoxy) is 1. The van der Waals surface area contributed by atoms with E-state index in [2.05, 4.69) is 36.5 Å². The molecule has 0 aliphatic rings. The van der Waals surface area contributed by atoms with Crippen molar-refractivity contribution in [3.05, 3.63) is 59.4 Å². The van der Waals surface area contributed by atoms with Gasteiger partial charge < -0.3 is 4.74 Å². The number of anilines is 1. The number of aromatic nitrogens is 4. The molecule has 30 heavy (non-hydrogen) atoms. The molecule has 3 aromatic heterocycles. The highest BCUT2D eigenvalue weighted by Crippen LogP contribution is 2.25. The van der Waals surface area contributed by atoms with Crippen LogP contribution in [0.5, 0.6) is 5.88 Å². The summed E-state index contributed by atoms with van der Waals surface area (Å²) in [5.74, 6) is 6.67. The molecule has 0 bridgehead atoms. The Kier molecular flexibility index (Phi) is 6.28. The topological polar surface area (TPSA) is 107 Å². The van der Waals surface area contributed by atoms with Gasteiger partial charge >= 0.3 is 0 Å². The zero-order valence-electron chi connectivity index (χ0n) is 17.1. The zero-order chi connectivity index (χ0) is 21.7. The van der Waals surface area contributed by atoms with Crippen LogP contribution in [0.1, 0.15) is 29.4 Å². The van der Waals surface area contributed by atoms with E-state index >= 15 is 0 Å². The van der Waals surface area contributed by atoms with Gasteiger partial charge in [-0.15, -0.1) is 0 Å². The van der Waals surface area contributed by atoms with Gasteiger partial charge in [-0.25, -0.2) is 23.4 Å². The van der Waals surface area contributed by atoms with Gasteiger partial charge in [0.05, 0.1) is 41.7 Å². The number of nitrogens with one attached hydrogen (secondary N) is 1. The average Bonchev–Trinajstić information content (AvgIpc) is 2.73. The third kappa shape index (κ3) is 5.10. The molecule has 0 aromatic carbocycles. The predicted molar refractivity (Wildman–Crippen MR) is 115 cm³/mol. The third-order valence-electron chi connectivity index (χ3n) is 4.19. The third-order valence-corrected chi connectivity index (χ3v) is 4.78. The summed E-state index contributed by atoms with van der Waals surface area (Å²) in [6, 6.07) is 5.27. The smallest absolute Gasteiger partial charge is 0.229 e. The fourth-order valence-electron chi connectivity index (χ4n) is 2.75. The van der Waals surface area contributed by atoms with Gasteiger partial charge in [0.1, 0.15) is 6.33 Å². The lowest BCUT2D eigenvalue weighted by molar-refractivity contribution is 0.398. The average molecular weight is 423 g/mol. The second-order valence-corrected chi connectivity index (χ2v) is 8.21. The number of nitrogens with zero attached hydrogens (tertiary/aromatic N) is 4. The van der Waals surface area contributed by atoms with Gasteiger partial charge in [-0.3, -0.25) is 9.71 Å². The largest absolute Gasteiger partial charge is 0.481 e. The molecule has 0 aliphatic heterocycles. The Labute approximate surface area is 175 Å². The molecule has 0 aliphatic carbocycles. The van der Waals surface area contributed by atoms with Gasteiger partial charge in [-0.2, -0.15) is 0 Å². The maximum atomic E-state index is 11.6. The molecule has 0 saturated heterocycles. The monoisotopic (exact) mass is 423 g/mol. The lowest BCUT2D eigenvalue weighted by Crippen LogP contribution is -2.11. The van der Waals surface area contributed by atoms with Crippen molar-refractivity contribution in [3.8, 4) is 29.0 Å². The van der Waals surface area contributed by atoms with Crippen molar-refractivity contribution < 1.29 is 13.2 Å². The first kappa shape index (κ1) is 21.2. The highest BCUT2D eigenvalue weighted by molar-refractivity contribution is 7.92. The molecule has 0 atom stereocenters. The van der Waals surface area contributed by atoms with E-state index in [1.165, 1.54) is 6.33 Å². The van der Waals surface area contributed by atoms with Crippen LogP contribution in [0.4, 0.5) is 5.69 Å². The minimum absolute atomic E-state index is 0.392. The maximum absolute atomic E-state index is 11.6. The second-order valence-electron chi connectivity index (χ2n) is 6.47.